The van der Waals surface area contributed by atoms with Gasteiger partial charge in [-0.25, -0.2) is 13.1 Å². The summed E-state index contributed by atoms with van der Waals surface area (Å²) in [5.74, 6) is 0.370. The van der Waals surface area contributed by atoms with Crippen LogP contribution in [0.1, 0.15) is 17.5 Å². The quantitative estimate of drug-likeness (QED) is 0.907. The molecule has 1 heterocycles. The number of hydrogen-bond acceptors (Lipinski definition) is 4. The van der Waals surface area contributed by atoms with Gasteiger partial charge in [0, 0.05) is 12.6 Å². The molecule has 0 radical (unpaired) electrons. The number of nitrogens with one attached hydrogen (secondary N) is 1. The minimum atomic E-state index is -3.58. The van der Waals surface area contributed by atoms with Crippen LogP contribution in [0.3, 0.4) is 0 Å². The van der Waals surface area contributed by atoms with Crippen LogP contribution in [0.15, 0.2) is 17.0 Å². The molecule has 6 heteroatoms. The van der Waals surface area contributed by atoms with Crippen molar-refractivity contribution in [2.24, 2.45) is 0 Å². The van der Waals surface area contributed by atoms with E-state index in [2.05, 4.69) is 4.72 Å². The minimum Gasteiger partial charge on any atom is -0.495 e. The Labute approximate surface area is 114 Å². The molecule has 1 unspecified atom stereocenters. The Kier molecular flexibility index (Phi) is 4.13. The topological polar surface area (TPSA) is 64.6 Å². The molecule has 0 spiro atoms. The van der Waals surface area contributed by atoms with Crippen LogP contribution in [0.25, 0.3) is 0 Å². The van der Waals surface area contributed by atoms with Gasteiger partial charge < -0.3 is 9.47 Å². The van der Waals surface area contributed by atoms with Gasteiger partial charge in [-0.1, -0.05) is 0 Å². The third-order valence-corrected chi connectivity index (χ3v) is 4.86. The molecule has 1 aromatic carbocycles. The van der Waals surface area contributed by atoms with Crippen LogP contribution >= 0.6 is 0 Å². The normalized spacial score (nSPS) is 19.6. The van der Waals surface area contributed by atoms with E-state index in [9.17, 15) is 8.42 Å². The highest BCUT2D eigenvalue weighted by molar-refractivity contribution is 7.89. The summed E-state index contributed by atoms with van der Waals surface area (Å²) in [6.45, 7) is 4.82. The minimum absolute atomic E-state index is 0.156. The van der Waals surface area contributed by atoms with Gasteiger partial charge in [-0.15, -0.1) is 0 Å². The van der Waals surface area contributed by atoms with Crippen molar-refractivity contribution in [1.82, 2.24) is 4.72 Å². The average Bonchev–Trinajstić information content (AvgIpc) is 2.84. The molecule has 1 aliphatic heterocycles. The summed E-state index contributed by atoms with van der Waals surface area (Å²) in [4.78, 5) is 0.185. The molecule has 1 fully saturated rings. The molecule has 0 aliphatic carbocycles. The second kappa shape index (κ2) is 5.48. The molecule has 0 bridgehead atoms. The monoisotopic (exact) mass is 285 g/mol. The molecule has 5 nitrogen and oxygen atoms in total. The maximum absolute atomic E-state index is 12.4. The van der Waals surface area contributed by atoms with Gasteiger partial charge in [0.1, 0.15) is 10.6 Å². The van der Waals surface area contributed by atoms with Gasteiger partial charge in [-0.3, -0.25) is 0 Å². The zero-order valence-electron chi connectivity index (χ0n) is 11.4. The van der Waals surface area contributed by atoms with E-state index in [0.717, 1.165) is 11.1 Å². The number of aryl methyl sites for hydroxylation is 2. The Morgan fingerprint density at radius 1 is 1.32 bits per heavy atom. The first kappa shape index (κ1) is 14.3. The van der Waals surface area contributed by atoms with Crippen LogP contribution < -0.4 is 9.46 Å². The third kappa shape index (κ3) is 3.08. The number of hydrogen-bond donors (Lipinski definition) is 1. The van der Waals surface area contributed by atoms with Gasteiger partial charge in [-0.05, 0) is 43.5 Å². The lowest BCUT2D eigenvalue weighted by Crippen LogP contribution is -2.35. The molecule has 1 aromatic rings. The zero-order valence-corrected chi connectivity index (χ0v) is 12.2. The van der Waals surface area contributed by atoms with E-state index in [0.29, 0.717) is 25.4 Å². The molecule has 106 valence electrons. The van der Waals surface area contributed by atoms with Crippen molar-refractivity contribution in [3.63, 3.8) is 0 Å². The van der Waals surface area contributed by atoms with Crippen molar-refractivity contribution >= 4 is 10.0 Å². The first-order chi connectivity index (χ1) is 8.94. The van der Waals surface area contributed by atoms with Gasteiger partial charge in [-0.2, -0.15) is 0 Å². The number of rotatable bonds is 4. The van der Waals surface area contributed by atoms with Crippen molar-refractivity contribution in [2.45, 2.75) is 31.2 Å². The van der Waals surface area contributed by atoms with E-state index >= 15 is 0 Å². The SMILES string of the molecule is COc1cc(C)c(C)cc1S(=O)(=O)NC1CCOC1. The molecule has 1 atom stereocenters. The lowest BCUT2D eigenvalue weighted by Gasteiger charge is -2.15. The molecular formula is C13H19NO4S. The fraction of sp³-hybridized carbons (Fsp3) is 0.538. The lowest BCUT2D eigenvalue weighted by molar-refractivity contribution is 0.192. The number of sulfonamides is 1. The van der Waals surface area contributed by atoms with Gasteiger partial charge in [0.05, 0.1) is 13.7 Å². The smallest absolute Gasteiger partial charge is 0.244 e. The van der Waals surface area contributed by atoms with Crippen LogP contribution in [0.2, 0.25) is 0 Å². The molecule has 2 rings (SSSR count). The largest absolute Gasteiger partial charge is 0.495 e. The molecule has 1 saturated heterocycles. The molecule has 0 amide bonds. The molecule has 1 N–H and O–H groups in total. The molecular weight excluding hydrogens is 266 g/mol. The van der Waals surface area contributed by atoms with E-state index in [1.165, 1.54) is 7.11 Å². The average molecular weight is 285 g/mol. The van der Waals surface area contributed by atoms with Crippen LogP contribution in [0, 0.1) is 13.8 Å². The summed E-state index contributed by atoms with van der Waals surface area (Å²) in [5.41, 5.74) is 1.92. The number of benzene rings is 1. The summed E-state index contributed by atoms with van der Waals surface area (Å²) in [7, 11) is -2.11. The van der Waals surface area contributed by atoms with Gasteiger partial charge in [0.25, 0.3) is 0 Å². The van der Waals surface area contributed by atoms with E-state index in [1.807, 2.05) is 13.8 Å². The Bertz CT molecular complexity index is 562. The van der Waals surface area contributed by atoms with E-state index in [1.54, 1.807) is 12.1 Å². The maximum Gasteiger partial charge on any atom is 0.244 e. The summed E-state index contributed by atoms with van der Waals surface area (Å²) in [6, 6.07) is 3.23. The lowest BCUT2D eigenvalue weighted by atomic mass is 10.1. The second-order valence-electron chi connectivity index (χ2n) is 4.77. The summed E-state index contributed by atoms with van der Waals surface area (Å²) < 4.78 is 37.8. The van der Waals surface area contributed by atoms with E-state index in [4.69, 9.17) is 9.47 Å². The first-order valence-corrected chi connectivity index (χ1v) is 7.67. The Morgan fingerprint density at radius 3 is 2.58 bits per heavy atom. The van der Waals surface area contributed by atoms with Crippen LogP contribution in [0.5, 0.6) is 5.75 Å². The standard InChI is InChI=1S/C13H19NO4S/c1-9-6-12(17-3)13(7-10(9)2)19(15,16)14-11-4-5-18-8-11/h6-7,11,14H,4-5,8H2,1-3H3. The van der Waals surface area contributed by atoms with E-state index < -0.39 is 10.0 Å². The Hall–Kier alpha value is -1.11. The van der Waals surface area contributed by atoms with Crippen molar-refractivity contribution < 1.29 is 17.9 Å². The van der Waals surface area contributed by atoms with Crippen LogP contribution in [-0.2, 0) is 14.8 Å². The molecule has 19 heavy (non-hydrogen) atoms. The fourth-order valence-electron chi connectivity index (χ4n) is 2.04. The molecule has 0 aromatic heterocycles. The Balaban J connectivity index is 2.36. The highest BCUT2D eigenvalue weighted by atomic mass is 32.2. The van der Waals surface area contributed by atoms with Gasteiger partial charge in [0.2, 0.25) is 10.0 Å². The van der Waals surface area contributed by atoms with Crippen molar-refractivity contribution in [2.75, 3.05) is 20.3 Å². The van der Waals surface area contributed by atoms with Crippen LogP contribution in [0.4, 0.5) is 0 Å². The Morgan fingerprint density at radius 2 is 2.00 bits per heavy atom. The fourth-order valence-corrected chi connectivity index (χ4v) is 3.53. The van der Waals surface area contributed by atoms with Crippen molar-refractivity contribution in [1.29, 1.82) is 0 Å². The highest BCUT2D eigenvalue weighted by Gasteiger charge is 2.26. The summed E-state index contributed by atoms with van der Waals surface area (Å²) in [5, 5.41) is 0. The van der Waals surface area contributed by atoms with Gasteiger partial charge in [0.15, 0.2) is 0 Å². The summed E-state index contributed by atoms with van der Waals surface area (Å²) >= 11 is 0. The molecule has 0 saturated carbocycles. The maximum atomic E-state index is 12.4. The number of ether oxygens (including phenoxy) is 2. The van der Waals surface area contributed by atoms with Crippen molar-refractivity contribution in [3.8, 4) is 5.75 Å². The second-order valence-corrected chi connectivity index (χ2v) is 6.45. The predicted molar refractivity (Wildman–Crippen MR) is 72.0 cm³/mol. The zero-order chi connectivity index (χ0) is 14.0. The summed E-state index contributed by atoms with van der Waals surface area (Å²) in [6.07, 6.45) is 0.701. The highest BCUT2D eigenvalue weighted by Crippen LogP contribution is 2.27. The van der Waals surface area contributed by atoms with Crippen LogP contribution in [-0.4, -0.2) is 34.8 Å². The predicted octanol–water partition coefficient (Wildman–Crippen LogP) is 1.38. The third-order valence-electron chi connectivity index (χ3n) is 3.32. The molecule has 1 aliphatic rings. The first-order valence-electron chi connectivity index (χ1n) is 6.19. The number of methoxy groups -OCH3 is 1. The van der Waals surface area contributed by atoms with Crippen molar-refractivity contribution in [3.05, 3.63) is 23.3 Å². The van der Waals surface area contributed by atoms with Gasteiger partial charge >= 0.3 is 0 Å². The van der Waals surface area contributed by atoms with E-state index in [-0.39, 0.29) is 10.9 Å².